The van der Waals surface area contributed by atoms with Crippen LogP contribution in [0.25, 0.3) is 0 Å². The summed E-state index contributed by atoms with van der Waals surface area (Å²) in [4.78, 5) is 26.8. The second-order valence-electron chi connectivity index (χ2n) is 6.91. The summed E-state index contributed by atoms with van der Waals surface area (Å²) in [6, 6.07) is 3.63. The highest BCUT2D eigenvalue weighted by Gasteiger charge is 2.36. The highest BCUT2D eigenvalue weighted by molar-refractivity contribution is 5.94. The van der Waals surface area contributed by atoms with E-state index in [-0.39, 0.29) is 23.7 Å². The summed E-state index contributed by atoms with van der Waals surface area (Å²) in [7, 11) is 3.16. The molecule has 0 spiro atoms. The van der Waals surface area contributed by atoms with Crippen LogP contribution in [0.5, 0.6) is 11.5 Å². The van der Waals surface area contributed by atoms with Gasteiger partial charge < -0.3 is 19.7 Å². The van der Waals surface area contributed by atoms with Gasteiger partial charge in [-0.05, 0) is 44.2 Å². The number of nitrogens with one attached hydrogen (secondary N) is 1. The summed E-state index contributed by atoms with van der Waals surface area (Å²) in [6.45, 7) is 3.21. The van der Waals surface area contributed by atoms with Crippen LogP contribution in [0.3, 0.4) is 0 Å². The van der Waals surface area contributed by atoms with Crippen LogP contribution in [-0.2, 0) is 9.59 Å². The molecule has 3 rings (SSSR count). The first-order valence-corrected chi connectivity index (χ1v) is 8.85. The second-order valence-corrected chi connectivity index (χ2v) is 6.91. The minimum atomic E-state index is -0.163. The van der Waals surface area contributed by atoms with Crippen LogP contribution in [-0.4, -0.2) is 44.0 Å². The lowest BCUT2D eigenvalue weighted by molar-refractivity contribution is -0.135. The van der Waals surface area contributed by atoms with Crippen LogP contribution in [0.1, 0.15) is 31.2 Å². The number of likely N-dealkylation sites (tertiary alicyclic amines) is 1. The van der Waals surface area contributed by atoms with Crippen LogP contribution >= 0.6 is 0 Å². The molecule has 2 fully saturated rings. The molecule has 0 bridgehead atoms. The van der Waals surface area contributed by atoms with Gasteiger partial charge in [0, 0.05) is 30.8 Å². The number of piperidine rings is 1. The molecule has 1 saturated heterocycles. The van der Waals surface area contributed by atoms with E-state index in [1.165, 1.54) is 0 Å². The largest absolute Gasteiger partial charge is 0.493 e. The van der Waals surface area contributed by atoms with Crippen molar-refractivity contribution < 1.29 is 19.1 Å². The maximum atomic E-state index is 12.7. The summed E-state index contributed by atoms with van der Waals surface area (Å²) in [5.74, 6) is 1.44. The van der Waals surface area contributed by atoms with Gasteiger partial charge in [0.05, 0.1) is 20.1 Å². The van der Waals surface area contributed by atoms with Crippen molar-refractivity contribution in [3.8, 4) is 11.5 Å². The average molecular weight is 346 g/mol. The molecular weight excluding hydrogens is 320 g/mol. The van der Waals surface area contributed by atoms with Crippen molar-refractivity contribution in [3.63, 3.8) is 0 Å². The van der Waals surface area contributed by atoms with Gasteiger partial charge in [0.1, 0.15) is 0 Å². The molecule has 2 amide bonds. The zero-order chi connectivity index (χ0) is 18.0. The van der Waals surface area contributed by atoms with Crippen molar-refractivity contribution in [2.75, 3.05) is 32.6 Å². The molecule has 1 heterocycles. The average Bonchev–Trinajstić information content (AvgIpc) is 3.47. The molecule has 1 atom stereocenters. The number of carbonyl (C=O) groups is 2. The Morgan fingerprint density at radius 1 is 1.08 bits per heavy atom. The van der Waals surface area contributed by atoms with Gasteiger partial charge in [0.15, 0.2) is 11.5 Å². The molecular formula is C19H26N2O4. The summed E-state index contributed by atoms with van der Waals surface area (Å²) in [5.41, 5.74) is 1.63. The fourth-order valence-electron chi connectivity index (χ4n) is 3.33. The quantitative estimate of drug-likeness (QED) is 0.890. The molecule has 136 valence electrons. The molecule has 0 unspecified atom stereocenters. The Labute approximate surface area is 148 Å². The van der Waals surface area contributed by atoms with Crippen molar-refractivity contribution in [3.05, 3.63) is 17.7 Å². The molecule has 0 radical (unpaired) electrons. The second kappa shape index (κ2) is 7.33. The molecule has 1 aliphatic carbocycles. The molecule has 0 aromatic heterocycles. The topological polar surface area (TPSA) is 67.9 Å². The number of amides is 2. The van der Waals surface area contributed by atoms with Crippen LogP contribution in [0.15, 0.2) is 12.1 Å². The number of nitrogens with zero attached hydrogens (tertiary/aromatic N) is 1. The molecule has 1 saturated carbocycles. The van der Waals surface area contributed by atoms with Gasteiger partial charge in [0.2, 0.25) is 11.8 Å². The number of methoxy groups -OCH3 is 2. The summed E-state index contributed by atoms with van der Waals surface area (Å²) in [5, 5.41) is 3.00. The minimum absolute atomic E-state index is 0.0383. The Balaban J connectivity index is 1.68. The number of hydrogen-bond donors (Lipinski definition) is 1. The minimum Gasteiger partial charge on any atom is -0.493 e. The lowest BCUT2D eigenvalue weighted by Gasteiger charge is -2.32. The molecule has 1 aromatic carbocycles. The van der Waals surface area contributed by atoms with E-state index < -0.39 is 0 Å². The van der Waals surface area contributed by atoms with Gasteiger partial charge in [-0.2, -0.15) is 0 Å². The number of hydrogen-bond acceptors (Lipinski definition) is 4. The number of anilines is 1. The van der Waals surface area contributed by atoms with Crippen molar-refractivity contribution in [1.82, 2.24) is 4.90 Å². The zero-order valence-electron chi connectivity index (χ0n) is 15.1. The fraction of sp³-hybridized carbons (Fsp3) is 0.579. The van der Waals surface area contributed by atoms with E-state index in [0.717, 1.165) is 37.8 Å². The molecule has 1 aliphatic heterocycles. The van der Waals surface area contributed by atoms with E-state index in [2.05, 4.69) is 5.32 Å². The number of benzene rings is 1. The molecule has 1 N–H and O–H groups in total. The van der Waals surface area contributed by atoms with Gasteiger partial charge in [0.25, 0.3) is 0 Å². The third kappa shape index (κ3) is 3.89. The Morgan fingerprint density at radius 2 is 1.76 bits per heavy atom. The standard InChI is InChI=1S/C19H26N2O4/c1-12-9-16(24-2)17(25-3)10-15(12)20-18(22)14-5-4-8-21(11-14)19(23)13-6-7-13/h9-10,13-14H,4-8,11H2,1-3H3,(H,20,22)/t14-/m1/s1. The molecule has 25 heavy (non-hydrogen) atoms. The number of carbonyl (C=O) groups excluding carboxylic acids is 2. The smallest absolute Gasteiger partial charge is 0.229 e. The maximum Gasteiger partial charge on any atom is 0.229 e. The molecule has 6 nitrogen and oxygen atoms in total. The van der Waals surface area contributed by atoms with Crippen LogP contribution in [0.2, 0.25) is 0 Å². The third-order valence-electron chi connectivity index (χ3n) is 5.02. The predicted octanol–water partition coefficient (Wildman–Crippen LogP) is 2.60. The van der Waals surface area contributed by atoms with Gasteiger partial charge in [-0.25, -0.2) is 0 Å². The third-order valence-corrected chi connectivity index (χ3v) is 5.02. The van der Waals surface area contributed by atoms with Crippen molar-refractivity contribution in [1.29, 1.82) is 0 Å². The van der Waals surface area contributed by atoms with Gasteiger partial charge >= 0.3 is 0 Å². The normalized spacial score (nSPS) is 20.1. The maximum absolute atomic E-state index is 12.7. The Morgan fingerprint density at radius 3 is 2.40 bits per heavy atom. The lowest BCUT2D eigenvalue weighted by atomic mass is 9.96. The Hall–Kier alpha value is -2.24. The predicted molar refractivity (Wildman–Crippen MR) is 94.9 cm³/mol. The van der Waals surface area contributed by atoms with Crippen LogP contribution < -0.4 is 14.8 Å². The van der Waals surface area contributed by atoms with E-state index in [1.54, 1.807) is 20.3 Å². The molecule has 6 heteroatoms. The number of ether oxygens (including phenoxy) is 2. The van der Waals surface area contributed by atoms with Gasteiger partial charge in [-0.1, -0.05) is 0 Å². The highest BCUT2D eigenvalue weighted by atomic mass is 16.5. The first kappa shape index (κ1) is 17.6. The van der Waals surface area contributed by atoms with E-state index in [9.17, 15) is 9.59 Å². The summed E-state index contributed by atoms with van der Waals surface area (Å²) >= 11 is 0. The first-order valence-electron chi connectivity index (χ1n) is 8.85. The van der Waals surface area contributed by atoms with E-state index in [0.29, 0.717) is 23.7 Å². The molecule has 1 aromatic rings. The monoisotopic (exact) mass is 346 g/mol. The van der Waals surface area contributed by atoms with Gasteiger partial charge in [-0.15, -0.1) is 0 Å². The fourth-order valence-corrected chi connectivity index (χ4v) is 3.33. The van der Waals surface area contributed by atoms with Crippen molar-refractivity contribution in [2.45, 2.75) is 32.6 Å². The summed E-state index contributed by atoms with van der Waals surface area (Å²) in [6.07, 6.45) is 3.68. The van der Waals surface area contributed by atoms with Crippen molar-refractivity contribution in [2.24, 2.45) is 11.8 Å². The Kier molecular flexibility index (Phi) is 5.16. The zero-order valence-corrected chi connectivity index (χ0v) is 15.1. The highest BCUT2D eigenvalue weighted by Crippen LogP contribution is 2.34. The van der Waals surface area contributed by atoms with E-state index in [4.69, 9.17) is 9.47 Å². The van der Waals surface area contributed by atoms with Crippen molar-refractivity contribution >= 4 is 17.5 Å². The van der Waals surface area contributed by atoms with Crippen LogP contribution in [0, 0.1) is 18.8 Å². The molecule has 2 aliphatic rings. The number of rotatable bonds is 5. The lowest BCUT2D eigenvalue weighted by Crippen LogP contribution is -2.44. The van der Waals surface area contributed by atoms with Crippen LogP contribution in [0.4, 0.5) is 5.69 Å². The summed E-state index contributed by atoms with van der Waals surface area (Å²) < 4.78 is 10.6. The Bertz CT molecular complexity index is 670. The van der Waals surface area contributed by atoms with E-state index in [1.807, 2.05) is 17.9 Å². The first-order chi connectivity index (χ1) is 12.0. The van der Waals surface area contributed by atoms with Gasteiger partial charge in [-0.3, -0.25) is 9.59 Å². The van der Waals surface area contributed by atoms with E-state index >= 15 is 0 Å². The number of aryl methyl sites for hydroxylation is 1. The SMILES string of the molecule is COc1cc(C)c(NC(=O)[C@@H]2CCCN(C(=O)C3CC3)C2)cc1OC.